The van der Waals surface area contributed by atoms with Crippen molar-refractivity contribution < 1.29 is 13.5 Å². The van der Waals surface area contributed by atoms with Gasteiger partial charge in [0.2, 0.25) is 0 Å². The third-order valence-corrected chi connectivity index (χ3v) is 4.50. The van der Waals surface area contributed by atoms with Gasteiger partial charge in [-0.1, -0.05) is 54.6 Å². The van der Waals surface area contributed by atoms with Crippen molar-refractivity contribution in [2.75, 3.05) is 0 Å². The topological polar surface area (TPSA) is 21.6 Å². The summed E-state index contributed by atoms with van der Waals surface area (Å²) in [6, 6.07) is 22.8. The van der Waals surface area contributed by atoms with Crippen molar-refractivity contribution in [2.45, 2.75) is 25.9 Å². The summed E-state index contributed by atoms with van der Waals surface area (Å²) in [5.74, 6) is 0.150. The molecule has 0 bridgehead atoms. The number of hydrogen-bond donors (Lipinski definition) is 0. The predicted octanol–water partition coefficient (Wildman–Crippen LogP) is 7.21. The van der Waals surface area contributed by atoms with Crippen LogP contribution in [0.1, 0.15) is 24.0 Å². The molecule has 0 N–H and O–H groups in total. The van der Waals surface area contributed by atoms with E-state index in [1.807, 2.05) is 36.6 Å². The molecule has 0 heterocycles. The normalized spacial score (nSPS) is 11.1. The Morgan fingerprint density at radius 3 is 2.07 bits per heavy atom. The monoisotopic (exact) mass is 391 g/mol. The van der Waals surface area contributed by atoms with Gasteiger partial charge in [-0.25, -0.2) is 0 Å². The highest BCUT2D eigenvalue weighted by atomic mass is 19.3. The fourth-order valence-corrected chi connectivity index (χ4v) is 2.94. The minimum Gasteiger partial charge on any atom is -0.435 e. The van der Waals surface area contributed by atoms with Crippen LogP contribution in [0.4, 0.5) is 14.5 Å². The first-order chi connectivity index (χ1) is 14.1. The standard InChI is InChI=1S/C25H23F2NO/c1-2-3-4-5-19-6-8-20(9-7-19)18-28-23-14-10-21(11-15-23)22-12-16-24(17-13-22)29-25(26)27/h2,6-18,25H,1,3-5H2. The molecule has 0 saturated carbocycles. The average Bonchev–Trinajstić information content (AvgIpc) is 2.74. The number of benzene rings is 3. The second-order valence-corrected chi connectivity index (χ2v) is 6.63. The van der Waals surface area contributed by atoms with E-state index in [0.29, 0.717) is 0 Å². The van der Waals surface area contributed by atoms with Gasteiger partial charge in [0.15, 0.2) is 0 Å². The second kappa shape index (κ2) is 10.3. The van der Waals surface area contributed by atoms with E-state index in [4.69, 9.17) is 0 Å². The first kappa shape index (κ1) is 20.5. The summed E-state index contributed by atoms with van der Waals surface area (Å²) in [6.45, 7) is 0.934. The summed E-state index contributed by atoms with van der Waals surface area (Å²) in [5.41, 5.74) is 5.13. The third-order valence-electron chi connectivity index (χ3n) is 4.50. The van der Waals surface area contributed by atoms with Gasteiger partial charge in [-0.3, -0.25) is 4.99 Å². The van der Waals surface area contributed by atoms with Gasteiger partial charge in [0, 0.05) is 6.21 Å². The fraction of sp³-hybridized carbons (Fsp3) is 0.160. The largest absolute Gasteiger partial charge is 0.435 e. The molecule has 148 valence electrons. The van der Waals surface area contributed by atoms with Gasteiger partial charge < -0.3 is 4.74 Å². The van der Waals surface area contributed by atoms with Crippen LogP contribution >= 0.6 is 0 Å². The van der Waals surface area contributed by atoms with Crippen molar-refractivity contribution in [3.8, 4) is 16.9 Å². The first-order valence-corrected chi connectivity index (χ1v) is 9.53. The van der Waals surface area contributed by atoms with Crippen molar-refractivity contribution in [3.05, 3.63) is 96.6 Å². The van der Waals surface area contributed by atoms with Gasteiger partial charge in [-0.2, -0.15) is 8.78 Å². The Kier molecular flexibility index (Phi) is 7.28. The summed E-state index contributed by atoms with van der Waals surface area (Å²) in [6.07, 6.45) is 7.00. The SMILES string of the molecule is C=CCCCc1ccc(C=Nc2ccc(-c3ccc(OC(F)F)cc3)cc2)cc1. The molecule has 3 rings (SSSR count). The highest BCUT2D eigenvalue weighted by molar-refractivity contribution is 5.82. The smallest absolute Gasteiger partial charge is 0.387 e. The fourth-order valence-electron chi connectivity index (χ4n) is 2.94. The number of unbranched alkanes of at least 4 members (excludes halogenated alkanes) is 1. The number of aliphatic imine (C=N–C) groups is 1. The molecule has 0 aromatic heterocycles. The van der Waals surface area contributed by atoms with Gasteiger partial charge >= 0.3 is 6.61 Å². The molecule has 0 atom stereocenters. The zero-order valence-corrected chi connectivity index (χ0v) is 16.1. The molecule has 0 saturated heterocycles. The van der Waals surface area contributed by atoms with E-state index in [1.54, 1.807) is 12.1 Å². The maximum Gasteiger partial charge on any atom is 0.387 e. The molecule has 0 radical (unpaired) electrons. The number of aryl methyl sites for hydroxylation is 1. The lowest BCUT2D eigenvalue weighted by atomic mass is 10.1. The van der Waals surface area contributed by atoms with E-state index in [1.165, 1.54) is 17.7 Å². The van der Waals surface area contributed by atoms with Gasteiger partial charge in [0.05, 0.1) is 5.69 Å². The molecule has 3 aromatic carbocycles. The van der Waals surface area contributed by atoms with Gasteiger partial charge in [-0.15, -0.1) is 6.58 Å². The number of rotatable bonds is 9. The molecule has 29 heavy (non-hydrogen) atoms. The number of halogens is 2. The van der Waals surface area contributed by atoms with Gasteiger partial charge in [0.25, 0.3) is 0 Å². The Labute approximate surface area is 170 Å². The maximum atomic E-state index is 12.2. The Bertz CT molecular complexity index is 930. The van der Waals surface area contributed by atoms with Crippen molar-refractivity contribution in [1.82, 2.24) is 0 Å². The summed E-state index contributed by atoms with van der Waals surface area (Å²) in [4.78, 5) is 4.52. The molecule has 0 unspecified atom stereocenters. The van der Waals surface area contributed by atoms with Crippen LogP contribution in [0.3, 0.4) is 0 Å². The van der Waals surface area contributed by atoms with E-state index in [9.17, 15) is 8.78 Å². The maximum absolute atomic E-state index is 12.2. The van der Waals surface area contributed by atoms with Crippen molar-refractivity contribution >= 4 is 11.9 Å². The number of allylic oxidation sites excluding steroid dienone is 1. The van der Waals surface area contributed by atoms with E-state index in [-0.39, 0.29) is 5.75 Å². The second-order valence-electron chi connectivity index (χ2n) is 6.63. The first-order valence-electron chi connectivity index (χ1n) is 9.53. The molecule has 0 amide bonds. The van der Waals surface area contributed by atoms with Crippen molar-refractivity contribution in [1.29, 1.82) is 0 Å². The Morgan fingerprint density at radius 2 is 1.48 bits per heavy atom. The summed E-state index contributed by atoms with van der Waals surface area (Å²) < 4.78 is 28.8. The van der Waals surface area contributed by atoms with E-state index < -0.39 is 6.61 Å². The van der Waals surface area contributed by atoms with E-state index in [0.717, 1.165) is 41.6 Å². The highest BCUT2D eigenvalue weighted by Crippen LogP contribution is 2.25. The molecule has 0 spiro atoms. The van der Waals surface area contributed by atoms with E-state index >= 15 is 0 Å². The summed E-state index contributed by atoms with van der Waals surface area (Å²) in [7, 11) is 0. The predicted molar refractivity (Wildman–Crippen MR) is 115 cm³/mol. The van der Waals surface area contributed by atoms with Crippen LogP contribution in [0.15, 0.2) is 90.4 Å². The van der Waals surface area contributed by atoms with Crippen LogP contribution in [0.5, 0.6) is 5.75 Å². The van der Waals surface area contributed by atoms with Crippen molar-refractivity contribution in [2.24, 2.45) is 4.99 Å². The van der Waals surface area contributed by atoms with Gasteiger partial charge in [0.1, 0.15) is 5.75 Å². The number of ether oxygens (including phenoxy) is 1. The average molecular weight is 391 g/mol. The number of hydrogen-bond acceptors (Lipinski definition) is 2. The van der Waals surface area contributed by atoms with Crippen LogP contribution in [0, 0.1) is 0 Å². The molecule has 4 heteroatoms. The van der Waals surface area contributed by atoms with Crippen LogP contribution in [0.2, 0.25) is 0 Å². The molecular weight excluding hydrogens is 368 g/mol. The minimum absolute atomic E-state index is 0.150. The lowest BCUT2D eigenvalue weighted by molar-refractivity contribution is -0.0498. The molecule has 0 aliphatic rings. The van der Waals surface area contributed by atoms with Crippen LogP contribution in [-0.4, -0.2) is 12.8 Å². The molecular formula is C25H23F2NO. The third kappa shape index (κ3) is 6.39. The summed E-state index contributed by atoms with van der Waals surface area (Å²) in [5, 5.41) is 0. The molecule has 2 nitrogen and oxygen atoms in total. The lowest BCUT2D eigenvalue weighted by Gasteiger charge is -2.06. The van der Waals surface area contributed by atoms with Crippen LogP contribution < -0.4 is 4.74 Å². The Balaban J connectivity index is 1.60. The molecule has 3 aromatic rings. The summed E-state index contributed by atoms with van der Waals surface area (Å²) >= 11 is 0. The highest BCUT2D eigenvalue weighted by Gasteiger charge is 2.04. The Hall–Kier alpha value is -3.27. The minimum atomic E-state index is -2.81. The van der Waals surface area contributed by atoms with E-state index in [2.05, 4.69) is 40.6 Å². The molecule has 0 aliphatic heterocycles. The quantitative estimate of drug-likeness (QED) is 0.214. The van der Waals surface area contributed by atoms with Crippen LogP contribution in [0.25, 0.3) is 11.1 Å². The van der Waals surface area contributed by atoms with Crippen molar-refractivity contribution in [3.63, 3.8) is 0 Å². The molecule has 0 fully saturated rings. The number of alkyl halides is 2. The Morgan fingerprint density at radius 1 is 0.862 bits per heavy atom. The zero-order chi connectivity index (χ0) is 20.5. The molecule has 0 aliphatic carbocycles. The van der Waals surface area contributed by atoms with Gasteiger partial charge in [-0.05, 0) is 65.8 Å². The zero-order valence-electron chi connectivity index (χ0n) is 16.1. The lowest BCUT2D eigenvalue weighted by Crippen LogP contribution is -2.01. The number of nitrogens with zero attached hydrogens (tertiary/aromatic N) is 1. The van der Waals surface area contributed by atoms with Crippen LogP contribution in [-0.2, 0) is 6.42 Å².